The lowest BCUT2D eigenvalue weighted by Crippen LogP contribution is -2.42. The van der Waals surface area contributed by atoms with E-state index in [-0.39, 0.29) is 12.6 Å². The zero-order valence-corrected chi connectivity index (χ0v) is 14.1. The van der Waals surface area contributed by atoms with Crippen molar-refractivity contribution in [2.24, 2.45) is 5.92 Å². The summed E-state index contributed by atoms with van der Waals surface area (Å²) in [6.45, 7) is 3.65. The fourth-order valence-corrected chi connectivity index (χ4v) is 2.87. The minimum Gasteiger partial charge on any atom is -0.396 e. The summed E-state index contributed by atoms with van der Waals surface area (Å²) in [5, 5.41) is 15.0. The molecule has 1 aromatic carbocycles. The van der Waals surface area contributed by atoms with Crippen LogP contribution in [0.2, 0.25) is 0 Å². The van der Waals surface area contributed by atoms with E-state index in [1.54, 1.807) is 0 Å². The summed E-state index contributed by atoms with van der Waals surface area (Å²) >= 11 is 0. The predicted octanol–water partition coefficient (Wildman–Crippen LogP) is 1.58. The second kappa shape index (κ2) is 8.74. The van der Waals surface area contributed by atoms with E-state index in [1.807, 2.05) is 43.3 Å². The van der Waals surface area contributed by atoms with E-state index >= 15 is 0 Å². The van der Waals surface area contributed by atoms with Crippen molar-refractivity contribution in [1.29, 1.82) is 0 Å². The van der Waals surface area contributed by atoms with Crippen LogP contribution in [0.4, 0.5) is 16.2 Å². The Morgan fingerprint density at radius 3 is 3.00 bits per heavy atom. The van der Waals surface area contributed by atoms with Crippen LogP contribution in [-0.2, 0) is 0 Å². The predicted molar refractivity (Wildman–Crippen MR) is 94.0 cm³/mol. The third kappa shape index (κ3) is 5.73. The van der Waals surface area contributed by atoms with E-state index in [1.165, 1.54) is 0 Å². The number of rotatable bonds is 6. The van der Waals surface area contributed by atoms with Crippen molar-refractivity contribution in [3.8, 4) is 0 Å². The minimum absolute atomic E-state index is 0.184. The first-order valence-electron chi connectivity index (χ1n) is 8.24. The number of aliphatic hydroxyl groups excluding tert-OH is 1. The summed E-state index contributed by atoms with van der Waals surface area (Å²) in [4.78, 5) is 16.3. The molecule has 0 radical (unpaired) electrons. The van der Waals surface area contributed by atoms with Gasteiger partial charge in [0, 0.05) is 51.7 Å². The zero-order chi connectivity index (χ0) is 16.7. The number of nitrogens with one attached hydrogen (secondary N) is 2. The van der Waals surface area contributed by atoms with Gasteiger partial charge in [0.2, 0.25) is 0 Å². The van der Waals surface area contributed by atoms with Crippen molar-refractivity contribution >= 4 is 17.4 Å². The average molecular weight is 320 g/mol. The van der Waals surface area contributed by atoms with Crippen LogP contribution < -0.4 is 15.5 Å². The van der Waals surface area contributed by atoms with Gasteiger partial charge in [0.15, 0.2) is 0 Å². The Kier molecular flexibility index (Phi) is 6.67. The first-order valence-corrected chi connectivity index (χ1v) is 8.24. The lowest BCUT2D eigenvalue weighted by molar-refractivity contribution is 0.121. The number of benzene rings is 1. The topological polar surface area (TPSA) is 67.8 Å². The summed E-state index contributed by atoms with van der Waals surface area (Å²) in [6, 6.07) is 7.56. The molecule has 128 valence electrons. The van der Waals surface area contributed by atoms with Gasteiger partial charge in [-0.15, -0.1) is 0 Å². The van der Waals surface area contributed by atoms with Crippen LogP contribution in [0.1, 0.15) is 12.8 Å². The van der Waals surface area contributed by atoms with Gasteiger partial charge in [0.05, 0.1) is 0 Å². The molecule has 6 heteroatoms. The number of urea groups is 1. The number of aliphatic hydroxyl groups is 1. The van der Waals surface area contributed by atoms with Gasteiger partial charge in [-0.3, -0.25) is 0 Å². The van der Waals surface area contributed by atoms with E-state index in [4.69, 9.17) is 0 Å². The maximum Gasteiger partial charge on any atom is 0.319 e. The maximum atomic E-state index is 12.0. The van der Waals surface area contributed by atoms with Crippen LogP contribution in [0.25, 0.3) is 0 Å². The van der Waals surface area contributed by atoms with Crippen molar-refractivity contribution in [3.63, 3.8) is 0 Å². The molecule has 23 heavy (non-hydrogen) atoms. The van der Waals surface area contributed by atoms with Crippen LogP contribution in [-0.4, -0.2) is 62.9 Å². The lowest BCUT2D eigenvalue weighted by Gasteiger charge is -2.31. The molecule has 1 heterocycles. The number of carbonyl (C=O) groups is 1. The van der Waals surface area contributed by atoms with Crippen molar-refractivity contribution < 1.29 is 9.90 Å². The van der Waals surface area contributed by atoms with Crippen LogP contribution in [0.3, 0.4) is 0 Å². The number of hydrogen-bond acceptors (Lipinski definition) is 4. The molecule has 1 fully saturated rings. The summed E-state index contributed by atoms with van der Waals surface area (Å²) in [6.07, 6.45) is 2.22. The lowest BCUT2D eigenvalue weighted by atomic mass is 9.99. The SMILES string of the molecule is CN(C)c1cccc(NC(=O)NCCN2CCC[C@@H](CO)C2)c1. The van der Waals surface area contributed by atoms with E-state index in [0.29, 0.717) is 12.5 Å². The molecular formula is C17H28N4O2. The number of amides is 2. The molecule has 6 nitrogen and oxygen atoms in total. The molecule has 0 aromatic heterocycles. The molecule has 1 aliphatic heterocycles. The quantitative estimate of drug-likeness (QED) is 0.744. The number of carbonyl (C=O) groups excluding carboxylic acids is 1. The molecule has 0 aliphatic carbocycles. The molecule has 2 rings (SSSR count). The van der Waals surface area contributed by atoms with Gasteiger partial charge in [-0.05, 0) is 43.5 Å². The molecule has 1 aromatic rings. The average Bonchev–Trinajstić information content (AvgIpc) is 2.55. The van der Waals surface area contributed by atoms with Crippen molar-refractivity contribution in [1.82, 2.24) is 10.2 Å². The van der Waals surface area contributed by atoms with Gasteiger partial charge in [0.25, 0.3) is 0 Å². The first-order chi connectivity index (χ1) is 11.1. The van der Waals surface area contributed by atoms with Gasteiger partial charge in [-0.1, -0.05) is 6.07 Å². The molecular weight excluding hydrogens is 292 g/mol. The Balaban J connectivity index is 1.72. The monoisotopic (exact) mass is 320 g/mol. The Bertz CT molecular complexity index is 507. The zero-order valence-electron chi connectivity index (χ0n) is 14.1. The molecule has 1 atom stereocenters. The number of likely N-dealkylation sites (tertiary alicyclic amines) is 1. The maximum absolute atomic E-state index is 12.0. The Morgan fingerprint density at radius 1 is 1.43 bits per heavy atom. The number of nitrogens with zero attached hydrogens (tertiary/aromatic N) is 2. The summed E-state index contributed by atoms with van der Waals surface area (Å²) in [5.41, 5.74) is 1.83. The van der Waals surface area contributed by atoms with Crippen molar-refractivity contribution in [3.05, 3.63) is 24.3 Å². The standard InChI is InChI=1S/C17H28N4O2/c1-20(2)16-7-3-6-15(11-16)19-17(23)18-8-10-21-9-4-5-14(12-21)13-22/h3,6-7,11,14,22H,4-5,8-10,12-13H2,1-2H3,(H2,18,19,23)/t14-/m1/s1. The summed E-state index contributed by atoms with van der Waals surface area (Å²) < 4.78 is 0. The second-order valence-corrected chi connectivity index (χ2v) is 6.32. The highest BCUT2D eigenvalue weighted by Gasteiger charge is 2.18. The molecule has 2 amide bonds. The van der Waals surface area contributed by atoms with E-state index in [2.05, 4.69) is 15.5 Å². The third-order valence-corrected chi connectivity index (χ3v) is 4.20. The Labute approximate surface area is 138 Å². The van der Waals surface area contributed by atoms with Gasteiger partial charge in [0.1, 0.15) is 0 Å². The smallest absolute Gasteiger partial charge is 0.319 e. The molecule has 0 spiro atoms. The van der Waals surface area contributed by atoms with Crippen LogP contribution in [0.5, 0.6) is 0 Å². The van der Waals surface area contributed by atoms with Gasteiger partial charge < -0.3 is 25.5 Å². The highest BCUT2D eigenvalue weighted by molar-refractivity contribution is 5.89. The van der Waals surface area contributed by atoms with Gasteiger partial charge in [-0.2, -0.15) is 0 Å². The van der Waals surface area contributed by atoms with Gasteiger partial charge in [-0.25, -0.2) is 4.79 Å². The van der Waals surface area contributed by atoms with Crippen molar-refractivity contribution in [2.75, 3.05) is 57.1 Å². The second-order valence-electron chi connectivity index (χ2n) is 6.32. The summed E-state index contributed by atoms with van der Waals surface area (Å²) in [7, 11) is 3.94. The van der Waals surface area contributed by atoms with Crippen LogP contribution >= 0.6 is 0 Å². The molecule has 1 saturated heterocycles. The number of hydrogen-bond donors (Lipinski definition) is 3. The Morgan fingerprint density at radius 2 is 2.26 bits per heavy atom. The highest BCUT2D eigenvalue weighted by Crippen LogP contribution is 2.17. The van der Waals surface area contributed by atoms with E-state index in [9.17, 15) is 9.90 Å². The molecule has 0 bridgehead atoms. The molecule has 1 aliphatic rings. The summed E-state index contributed by atoms with van der Waals surface area (Å²) in [5.74, 6) is 0.381. The molecule has 0 saturated carbocycles. The normalized spacial score (nSPS) is 18.5. The largest absolute Gasteiger partial charge is 0.396 e. The molecule has 3 N–H and O–H groups in total. The fraction of sp³-hybridized carbons (Fsp3) is 0.588. The number of anilines is 2. The van der Waals surface area contributed by atoms with Crippen LogP contribution in [0.15, 0.2) is 24.3 Å². The van der Waals surface area contributed by atoms with Crippen LogP contribution in [0, 0.1) is 5.92 Å². The first kappa shape index (κ1) is 17.6. The van der Waals surface area contributed by atoms with E-state index < -0.39 is 0 Å². The van der Waals surface area contributed by atoms with Gasteiger partial charge >= 0.3 is 6.03 Å². The number of piperidine rings is 1. The fourth-order valence-electron chi connectivity index (χ4n) is 2.87. The molecule has 0 unspecified atom stereocenters. The Hall–Kier alpha value is -1.79. The van der Waals surface area contributed by atoms with E-state index in [0.717, 1.165) is 43.9 Å². The minimum atomic E-state index is -0.184. The van der Waals surface area contributed by atoms with Crippen molar-refractivity contribution in [2.45, 2.75) is 12.8 Å². The highest BCUT2D eigenvalue weighted by atomic mass is 16.3. The third-order valence-electron chi connectivity index (χ3n) is 4.20.